The number of aliphatic hydroxyl groups excluding tert-OH is 1. The second kappa shape index (κ2) is 5.88. The highest BCUT2D eigenvalue weighted by molar-refractivity contribution is 5.92. The van der Waals surface area contributed by atoms with Gasteiger partial charge in [-0.1, -0.05) is 0 Å². The number of carbonyl (C=O) groups excluding carboxylic acids is 2. The van der Waals surface area contributed by atoms with Gasteiger partial charge in [0.05, 0.1) is 18.2 Å². The van der Waals surface area contributed by atoms with E-state index in [9.17, 15) is 14.7 Å². The first kappa shape index (κ1) is 15.9. The number of hydrogen-bond acceptors (Lipinski definition) is 5. The largest absolute Gasteiger partial charge is 0.444 e. The minimum absolute atomic E-state index is 0.307. The van der Waals surface area contributed by atoms with Crippen molar-refractivity contribution in [2.24, 2.45) is 5.73 Å². The van der Waals surface area contributed by atoms with E-state index in [0.717, 1.165) is 6.42 Å². The van der Waals surface area contributed by atoms with Gasteiger partial charge in [-0.2, -0.15) is 0 Å². The summed E-state index contributed by atoms with van der Waals surface area (Å²) >= 11 is 0. The SMILES string of the molecule is C[C@@H](O)[C@H](N)C(=O)C1CCCN1C(=O)OC(C)(C)C. The molecule has 0 bridgehead atoms. The number of Topliss-reactive ketones (excluding diaryl/α,β-unsaturated/α-hetero) is 1. The summed E-state index contributed by atoms with van der Waals surface area (Å²) in [4.78, 5) is 25.6. The first-order valence-electron chi connectivity index (χ1n) is 6.60. The molecule has 0 radical (unpaired) electrons. The molecule has 110 valence electrons. The molecule has 1 heterocycles. The summed E-state index contributed by atoms with van der Waals surface area (Å²) in [7, 11) is 0. The Kier molecular flexibility index (Phi) is 4.92. The minimum Gasteiger partial charge on any atom is -0.444 e. The summed E-state index contributed by atoms with van der Waals surface area (Å²) in [6, 6.07) is -1.55. The van der Waals surface area contributed by atoms with Gasteiger partial charge in [-0.15, -0.1) is 0 Å². The monoisotopic (exact) mass is 272 g/mol. The maximum absolute atomic E-state index is 12.1. The van der Waals surface area contributed by atoms with Crippen molar-refractivity contribution >= 4 is 11.9 Å². The van der Waals surface area contributed by atoms with E-state index in [-0.39, 0.29) is 5.78 Å². The Labute approximate surface area is 113 Å². The van der Waals surface area contributed by atoms with E-state index in [0.29, 0.717) is 13.0 Å². The van der Waals surface area contributed by atoms with Gasteiger partial charge in [-0.25, -0.2) is 4.79 Å². The van der Waals surface area contributed by atoms with Crippen LogP contribution in [0.15, 0.2) is 0 Å². The van der Waals surface area contributed by atoms with Crippen LogP contribution in [0.2, 0.25) is 0 Å². The average molecular weight is 272 g/mol. The first-order valence-corrected chi connectivity index (χ1v) is 6.60. The molecule has 6 heteroatoms. The molecule has 0 saturated carbocycles. The summed E-state index contributed by atoms with van der Waals surface area (Å²) < 4.78 is 5.27. The molecule has 1 aliphatic heterocycles. The van der Waals surface area contributed by atoms with Gasteiger partial charge in [0.25, 0.3) is 0 Å². The number of aliphatic hydroxyl groups is 1. The van der Waals surface area contributed by atoms with Crippen LogP contribution >= 0.6 is 0 Å². The molecule has 1 unspecified atom stereocenters. The summed E-state index contributed by atoms with van der Waals surface area (Å²) in [6.07, 6.45) is -0.115. The maximum Gasteiger partial charge on any atom is 0.410 e. The number of carbonyl (C=O) groups is 2. The number of hydrogen-bond donors (Lipinski definition) is 2. The zero-order valence-corrected chi connectivity index (χ0v) is 12.0. The van der Waals surface area contributed by atoms with Crippen molar-refractivity contribution in [1.29, 1.82) is 0 Å². The van der Waals surface area contributed by atoms with E-state index in [1.54, 1.807) is 20.8 Å². The standard InChI is InChI=1S/C13H24N2O4/c1-8(16)10(14)11(17)9-6-5-7-15(9)12(18)19-13(2,3)4/h8-10,16H,5-7,14H2,1-4H3/t8-,9?,10+/m1/s1. The second-order valence-electron chi connectivity index (χ2n) is 6.00. The molecule has 0 aromatic rings. The van der Waals surface area contributed by atoms with Crippen molar-refractivity contribution in [3.8, 4) is 0 Å². The van der Waals surface area contributed by atoms with Gasteiger partial charge in [0.1, 0.15) is 5.60 Å². The van der Waals surface area contributed by atoms with Crippen molar-refractivity contribution in [1.82, 2.24) is 4.90 Å². The Morgan fingerprint density at radius 2 is 2.00 bits per heavy atom. The van der Waals surface area contributed by atoms with E-state index in [1.807, 2.05) is 0 Å². The number of likely N-dealkylation sites (tertiary alicyclic amines) is 1. The van der Waals surface area contributed by atoms with Crippen molar-refractivity contribution in [3.05, 3.63) is 0 Å². The van der Waals surface area contributed by atoms with E-state index < -0.39 is 29.9 Å². The fraction of sp³-hybridized carbons (Fsp3) is 0.846. The fourth-order valence-corrected chi connectivity index (χ4v) is 2.06. The van der Waals surface area contributed by atoms with Crippen LogP contribution in [0.25, 0.3) is 0 Å². The molecule has 0 aliphatic carbocycles. The lowest BCUT2D eigenvalue weighted by atomic mass is 10.0. The molecular formula is C13H24N2O4. The molecule has 0 aromatic heterocycles. The third kappa shape index (κ3) is 4.18. The van der Waals surface area contributed by atoms with Gasteiger partial charge in [0.15, 0.2) is 5.78 Å². The molecule has 1 fully saturated rings. The number of amides is 1. The molecule has 3 N–H and O–H groups in total. The molecular weight excluding hydrogens is 248 g/mol. The highest BCUT2D eigenvalue weighted by Crippen LogP contribution is 2.22. The third-order valence-corrected chi connectivity index (χ3v) is 3.06. The highest BCUT2D eigenvalue weighted by atomic mass is 16.6. The zero-order valence-electron chi connectivity index (χ0n) is 12.0. The van der Waals surface area contributed by atoms with Crippen LogP contribution in [0.1, 0.15) is 40.5 Å². The van der Waals surface area contributed by atoms with Crippen molar-refractivity contribution in [2.75, 3.05) is 6.54 Å². The Morgan fingerprint density at radius 3 is 2.47 bits per heavy atom. The zero-order chi connectivity index (χ0) is 14.8. The van der Waals surface area contributed by atoms with Crippen LogP contribution in [0.3, 0.4) is 0 Å². The van der Waals surface area contributed by atoms with Crippen LogP contribution in [-0.2, 0) is 9.53 Å². The van der Waals surface area contributed by atoms with E-state index >= 15 is 0 Å². The Morgan fingerprint density at radius 1 is 1.42 bits per heavy atom. The average Bonchev–Trinajstić information content (AvgIpc) is 2.73. The minimum atomic E-state index is -0.965. The van der Waals surface area contributed by atoms with E-state index in [1.165, 1.54) is 11.8 Å². The summed E-state index contributed by atoms with van der Waals surface area (Å²) in [5, 5.41) is 9.38. The smallest absolute Gasteiger partial charge is 0.410 e. The van der Waals surface area contributed by atoms with Crippen LogP contribution in [0.4, 0.5) is 4.79 Å². The van der Waals surface area contributed by atoms with Gasteiger partial charge < -0.3 is 15.6 Å². The summed E-state index contributed by atoms with van der Waals surface area (Å²) in [5.41, 5.74) is 5.05. The number of ether oxygens (including phenoxy) is 1. The Balaban J connectivity index is 2.74. The van der Waals surface area contributed by atoms with Crippen LogP contribution in [0, 0.1) is 0 Å². The quantitative estimate of drug-likeness (QED) is 0.787. The number of nitrogens with zero attached hydrogens (tertiary/aromatic N) is 1. The van der Waals surface area contributed by atoms with Crippen molar-refractivity contribution in [2.45, 2.75) is 64.3 Å². The lowest BCUT2D eigenvalue weighted by Gasteiger charge is -2.29. The molecule has 0 spiro atoms. The normalized spacial score (nSPS) is 23.1. The molecule has 0 aromatic carbocycles. The first-order chi connectivity index (χ1) is 8.63. The molecule has 19 heavy (non-hydrogen) atoms. The number of ketones is 1. The predicted molar refractivity (Wildman–Crippen MR) is 70.6 cm³/mol. The molecule has 6 nitrogen and oxygen atoms in total. The Bertz CT molecular complexity index is 349. The second-order valence-corrected chi connectivity index (χ2v) is 6.00. The van der Waals surface area contributed by atoms with Gasteiger partial charge in [-0.3, -0.25) is 9.69 Å². The number of rotatable bonds is 3. The molecule has 1 rings (SSSR count). The van der Waals surface area contributed by atoms with Crippen LogP contribution < -0.4 is 5.73 Å². The Hall–Kier alpha value is -1.14. The molecule has 3 atom stereocenters. The highest BCUT2D eigenvalue weighted by Gasteiger charge is 2.39. The predicted octanol–water partition coefficient (Wildman–Crippen LogP) is 0.663. The molecule has 1 aliphatic rings. The molecule has 1 amide bonds. The fourth-order valence-electron chi connectivity index (χ4n) is 2.06. The van der Waals surface area contributed by atoms with Crippen LogP contribution in [0.5, 0.6) is 0 Å². The van der Waals surface area contributed by atoms with E-state index in [4.69, 9.17) is 10.5 Å². The lowest BCUT2D eigenvalue weighted by molar-refractivity contribution is -0.126. The third-order valence-electron chi connectivity index (χ3n) is 3.06. The lowest BCUT2D eigenvalue weighted by Crippen LogP contribution is -2.51. The number of nitrogens with two attached hydrogens (primary N) is 1. The van der Waals surface area contributed by atoms with Crippen molar-refractivity contribution < 1.29 is 19.4 Å². The van der Waals surface area contributed by atoms with Crippen LogP contribution in [-0.4, -0.2) is 52.2 Å². The van der Waals surface area contributed by atoms with E-state index in [2.05, 4.69) is 0 Å². The topological polar surface area (TPSA) is 92.9 Å². The summed E-state index contributed by atoms with van der Waals surface area (Å²) in [5.74, 6) is -0.307. The molecule has 1 saturated heterocycles. The van der Waals surface area contributed by atoms with Gasteiger partial charge in [-0.05, 0) is 40.5 Å². The summed E-state index contributed by atoms with van der Waals surface area (Å²) in [6.45, 7) is 7.28. The van der Waals surface area contributed by atoms with Crippen molar-refractivity contribution in [3.63, 3.8) is 0 Å². The maximum atomic E-state index is 12.1. The van der Waals surface area contributed by atoms with Gasteiger partial charge in [0.2, 0.25) is 0 Å². The van der Waals surface area contributed by atoms with Gasteiger partial charge in [0, 0.05) is 6.54 Å². The van der Waals surface area contributed by atoms with Gasteiger partial charge >= 0.3 is 6.09 Å².